The predicted molar refractivity (Wildman–Crippen MR) is 72.4 cm³/mol. The molecule has 1 N–H and O–H groups in total. The SMILES string of the molecule is CCC(NC1COC(C)(C)OC1)c1ccccc1. The largest absolute Gasteiger partial charge is 0.349 e. The fourth-order valence-corrected chi connectivity index (χ4v) is 2.21. The molecule has 1 saturated heterocycles. The van der Waals surface area contributed by atoms with Crippen LogP contribution in [0.3, 0.4) is 0 Å². The Balaban J connectivity index is 1.92. The van der Waals surface area contributed by atoms with Crippen molar-refractivity contribution in [3.8, 4) is 0 Å². The minimum Gasteiger partial charge on any atom is -0.349 e. The van der Waals surface area contributed by atoms with Crippen LogP contribution in [-0.4, -0.2) is 25.0 Å². The van der Waals surface area contributed by atoms with Crippen LogP contribution in [0.1, 0.15) is 38.8 Å². The Morgan fingerprint density at radius 1 is 1.22 bits per heavy atom. The maximum atomic E-state index is 5.67. The number of benzene rings is 1. The third kappa shape index (κ3) is 3.55. The van der Waals surface area contributed by atoms with E-state index in [0.717, 1.165) is 6.42 Å². The molecule has 0 aliphatic carbocycles. The maximum absolute atomic E-state index is 5.67. The Morgan fingerprint density at radius 2 is 1.83 bits per heavy atom. The van der Waals surface area contributed by atoms with Crippen molar-refractivity contribution in [2.75, 3.05) is 13.2 Å². The number of ether oxygens (including phenoxy) is 2. The van der Waals surface area contributed by atoms with Gasteiger partial charge in [0.05, 0.1) is 19.3 Å². The van der Waals surface area contributed by atoms with Crippen molar-refractivity contribution < 1.29 is 9.47 Å². The molecule has 1 atom stereocenters. The van der Waals surface area contributed by atoms with Gasteiger partial charge in [0.1, 0.15) is 0 Å². The van der Waals surface area contributed by atoms with Gasteiger partial charge in [0.2, 0.25) is 0 Å². The molecule has 18 heavy (non-hydrogen) atoms. The summed E-state index contributed by atoms with van der Waals surface area (Å²) in [7, 11) is 0. The van der Waals surface area contributed by atoms with E-state index >= 15 is 0 Å². The van der Waals surface area contributed by atoms with Crippen molar-refractivity contribution >= 4 is 0 Å². The van der Waals surface area contributed by atoms with E-state index < -0.39 is 5.79 Å². The lowest BCUT2D eigenvalue weighted by Gasteiger charge is -2.36. The van der Waals surface area contributed by atoms with Gasteiger partial charge < -0.3 is 14.8 Å². The first-order valence-electron chi connectivity index (χ1n) is 6.69. The van der Waals surface area contributed by atoms with Gasteiger partial charge in [0.15, 0.2) is 5.79 Å². The Kier molecular flexibility index (Phi) is 4.38. The molecule has 1 aromatic rings. The summed E-state index contributed by atoms with van der Waals surface area (Å²) in [5, 5.41) is 3.61. The van der Waals surface area contributed by atoms with Crippen molar-refractivity contribution in [3.05, 3.63) is 35.9 Å². The van der Waals surface area contributed by atoms with Gasteiger partial charge in [0, 0.05) is 6.04 Å². The van der Waals surface area contributed by atoms with Gasteiger partial charge in [-0.2, -0.15) is 0 Å². The quantitative estimate of drug-likeness (QED) is 0.890. The molecule has 3 heteroatoms. The summed E-state index contributed by atoms with van der Waals surface area (Å²) in [4.78, 5) is 0. The highest BCUT2D eigenvalue weighted by Gasteiger charge is 2.29. The second-order valence-electron chi connectivity index (χ2n) is 5.26. The highest BCUT2D eigenvalue weighted by molar-refractivity contribution is 5.18. The Bertz CT molecular complexity index is 354. The van der Waals surface area contributed by atoms with Crippen LogP contribution in [0.15, 0.2) is 30.3 Å². The highest BCUT2D eigenvalue weighted by Crippen LogP contribution is 2.21. The average molecular weight is 249 g/mol. The van der Waals surface area contributed by atoms with E-state index in [1.165, 1.54) is 5.56 Å². The Labute approximate surface area is 109 Å². The molecular weight excluding hydrogens is 226 g/mol. The zero-order chi connectivity index (χ0) is 13.0. The Morgan fingerprint density at radius 3 is 2.39 bits per heavy atom. The number of rotatable bonds is 4. The van der Waals surface area contributed by atoms with E-state index in [2.05, 4.69) is 36.5 Å². The van der Waals surface area contributed by atoms with E-state index in [1.54, 1.807) is 0 Å². The maximum Gasteiger partial charge on any atom is 0.162 e. The molecule has 0 bridgehead atoms. The molecule has 0 aromatic heterocycles. The topological polar surface area (TPSA) is 30.5 Å². The monoisotopic (exact) mass is 249 g/mol. The first kappa shape index (κ1) is 13.5. The van der Waals surface area contributed by atoms with Crippen LogP contribution in [0.5, 0.6) is 0 Å². The summed E-state index contributed by atoms with van der Waals surface area (Å²) >= 11 is 0. The summed E-state index contributed by atoms with van der Waals surface area (Å²) in [6.45, 7) is 7.52. The van der Waals surface area contributed by atoms with Gasteiger partial charge >= 0.3 is 0 Å². The van der Waals surface area contributed by atoms with E-state index in [0.29, 0.717) is 19.3 Å². The van der Waals surface area contributed by atoms with Crippen LogP contribution in [0, 0.1) is 0 Å². The van der Waals surface area contributed by atoms with E-state index in [1.807, 2.05) is 19.9 Å². The molecule has 100 valence electrons. The van der Waals surface area contributed by atoms with Crippen molar-refractivity contribution in [2.24, 2.45) is 0 Å². The van der Waals surface area contributed by atoms with Crippen LogP contribution in [-0.2, 0) is 9.47 Å². The van der Waals surface area contributed by atoms with E-state index in [9.17, 15) is 0 Å². The smallest absolute Gasteiger partial charge is 0.162 e. The van der Waals surface area contributed by atoms with Crippen LogP contribution >= 0.6 is 0 Å². The molecule has 1 unspecified atom stereocenters. The third-order valence-corrected chi connectivity index (χ3v) is 3.31. The summed E-state index contributed by atoms with van der Waals surface area (Å²) in [6, 6.07) is 11.2. The van der Waals surface area contributed by atoms with Gasteiger partial charge in [-0.3, -0.25) is 0 Å². The molecule has 0 radical (unpaired) electrons. The lowest BCUT2D eigenvalue weighted by molar-refractivity contribution is -0.253. The first-order chi connectivity index (χ1) is 8.61. The standard InChI is InChI=1S/C15H23NO2/c1-4-14(12-8-6-5-7-9-12)16-13-10-17-15(2,3)18-11-13/h5-9,13-14,16H,4,10-11H2,1-3H3. The molecule has 1 aromatic carbocycles. The molecule has 1 heterocycles. The lowest BCUT2D eigenvalue weighted by atomic mass is 10.0. The normalized spacial score (nSPS) is 21.7. The number of nitrogens with one attached hydrogen (secondary N) is 1. The average Bonchev–Trinajstić information content (AvgIpc) is 2.39. The van der Waals surface area contributed by atoms with E-state index in [-0.39, 0.29) is 6.04 Å². The van der Waals surface area contributed by atoms with Gasteiger partial charge in [0.25, 0.3) is 0 Å². The number of hydrogen-bond donors (Lipinski definition) is 1. The lowest BCUT2D eigenvalue weighted by Crippen LogP contribution is -2.49. The fourth-order valence-electron chi connectivity index (χ4n) is 2.21. The molecule has 1 fully saturated rings. The fraction of sp³-hybridized carbons (Fsp3) is 0.600. The third-order valence-electron chi connectivity index (χ3n) is 3.31. The van der Waals surface area contributed by atoms with Crippen molar-refractivity contribution in [3.63, 3.8) is 0 Å². The number of hydrogen-bond acceptors (Lipinski definition) is 3. The van der Waals surface area contributed by atoms with Gasteiger partial charge in [-0.1, -0.05) is 37.3 Å². The van der Waals surface area contributed by atoms with Gasteiger partial charge in [-0.25, -0.2) is 0 Å². The van der Waals surface area contributed by atoms with Crippen molar-refractivity contribution in [2.45, 2.75) is 45.1 Å². The molecule has 1 aliphatic heterocycles. The summed E-state index contributed by atoms with van der Waals surface area (Å²) in [6.07, 6.45) is 1.06. The summed E-state index contributed by atoms with van der Waals surface area (Å²) in [5.74, 6) is -0.438. The van der Waals surface area contributed by atoms with Crippen molar-refractivity contribution in [1.82, 2.24) is 5.32 Å². The molecule has 0 amide bonds. The predicted octanol–water partition coefficient (Wildman–Crippen LogP) is 2.88. The van der Waals surface area contributed by atoms with Crippen LogP contribution in [0.25, 0.3) is 0 Å². The van der Waals surface area contributed by atoms with Crippen LogP contribution in [0.4, 0.5) is 0 Å². The second kappa shape index (κ2) is 5.83. The molecule has 3 nitrogen and oxygen atoms in total. The van der Waals surface area contributed by atoms with Crippen LogP contribution < -0.4 is 5.32 Å². The minimum absolute atomic E-state index is 0.267. The van der Waals surface area contributed by atoms with E-state index in [4.69, 9.17) is 9.47 Å². The molecular formula is C15H23NO2. The van der Waals surface area contributed by atoms with Crippen molar-refractivity contribution in [1.29, 1.82) is 0 Å². The summed E-state index contributed by atoms with van der Waals surface area (Å²) in [5.41, 5.74) is 1.32. The Hall–Kier alpha value is -0.900. The molecule has 2 rings (SSSR count). The van der Waals surface area contributed by atoms with Gasteiger partial charge in [-0.05, 0) is 25.8 Å². The zero-order valence-electron chi connectivity index (χ0n) is 11.5. The van der Waals surface area contributed by atoms with Gasteiger partial charge in [-0.15, -0.1) is 0 Å². The first-order valence-corrected chi connectivity index (χ1v) is 6.69. The summed E-state index contributed by atoms with van der Waals surface area (Å²) < 4.78 is 11.3. The molecule has 1 aliphatic rings. The van der Waals surface area contributed by atoms with Crippen LogP contribution in [0.2, 0.25) is 0 Å². The molecule has 0 saturated carbocycles. The minimum atomic E-state index is -0.438. The zero-order valence-corrected chi connectivity index (χ0v) is 11.5. The highest BCUT2D eigenvalue weighted by atomic mass is 16.7. The second-order valence-corrected chi connectivity index (χ2v) is 5.26. The molecule has 0 spiro atoms.